The van der Waals surface area contributed by atoms with Gasteiger partial charge in [-0.2, -0.15) is 0 Å². The molecular weight excluding hydrogens is 628 g/mol. The van der Waals surface area contributed by atoms with E-state index in [0.717, 1.165) is 41.9 Å². The lowest BCUT2D eigenvalue weighted by atomic mass is 9.87. The summed E-state index contributed by atoms with van der Waals surface area (Å²) in [6.45, 7) is 16.0. The maximum absolute atomic E-state index is 15.8. The molecule has 1 aromatic heterocycles. The molecule has 0 saturated heterocycles. The van der Waals surface area contributed by atoms with Crippen LogP contribution in [0.3, 0.4) is 0 Å². The maximum atomic E-state index is 15.8. The van der Waals surface area contributed by atoms with Gasteiger partial charge in [0.25, 0.3) is 0 Å². The molecule has 0 radical (unpaired) electrons. The minimum atomic E-state index is -1.08. The van der Waals surface area contributed by atoms with Crippen LogP contribution in [0.2, 0.25) is 0 Å². The van der Waals surface area contributed by atoms with Crippen molar-refractivity contribution in [3.05, 3.63) is 70.3 Å². The van der Waals surface area contributed by atoms with E-state index in [9.17, 15) is 9.59 Å². The highest BCUT2D eigenvalue weighted by molar-refractivity contribution is 7.20. The van der Waals surface area contributed by atoms with Gasteiger partial charge in [0, 0.05) is 53.3 Å². The van der Waals surface area contributed by atoms with Crippen LogP contribution in [0.1, 0.15) is 80.1 Å². The van der Waals surface area contributed by atoms with Gasteiger partial charge in [-0.1, -0.05) is 39.5 Å². The number of carbonyl (C=O) groups is 2. The smallest absolute Gasteiger partial charge is 0.303 e. The van der Waals surface area contributed by atoms with Crippen LogP contribution in [0, 0.1) is 17.0 Å². The van der Waals surface area contributed by atoms with E-state index < -0.39 is 17.6 Å². The highest BCUT2D eigenvalue weighted by atomic mass is 32.1. The second-order valence-electron chi connectivity index (χ2n) is 12.9. The normalized spacial score (nSPS) is 12.6. The molecule has 2 aromatic carbocycles. The Kier molecular flexibility index (Phi) is 11.5. The van der Waals surface area contributed by atoms with Gasteiger partial charge in [0.15, 0.2) is 40.4 Å². The Hall–Kier alpha value is -4.12. The summed E-state index contributed by atoms with van der Waals surface area (Å²) in [4.78, 5) is 25.6. The number of methoxy groups -OCH3 is 2. The molecule has 0 amide bonds. The van der Waals surface area contributed by atoms with Crippen LogP contribution in [0.25, 0.3) is 10.1 Å². The van der Waals surface area contributed by atoms with Gasteiger partial charge in [-0.3, -0.25) is 9.59 Å². The summed E-state index contributed by atoms with van der Waals surface area (Å²) in [5, 5.41) is 9.04. The Labute approximate surface area is 278 Å². The van der Waals surface area contributed by atoms with E-state index in [0.29, 0.717) is 29.8 Å². The summed E-state index contributed by atoms with van der Waals surface area (Å²) in [5.41, 5.74) is 3.64. The van der Waals surface area contributed by atoms with Crippen molar-refractivity contribution in [3.8, 4) is 23.0 Å². The predicted molar refractivity (Wildman–Crippen MR) is 179 cm³/mol. The number of carboxylic acid groups (broad SMARTS) is 1. The lowest BCUT2D eigenvalue weighted by molar-refractivity contribution is -0.136. The first-order valence-corrected chi connectivity index (χ1v) is 16.3. The number of aliphatic carboxylic acids is 1. The average molecular weight is 672 g/mol. The molecule has 11 heteroatoms. The second kappa shape index (κ2) is 15.2. The molecule has 0 fully saturated rings. The number of hydrogen-bond acceptors (Lipinski definition) is 8. The van der Waals surface area contributed by atoms with E-state index in [1.165, 1.54) is 25.9 Å². The summed E-state index contributed by atoms with van der Waals surface area (Å²) in [6.07, 6.45) is 2.33. The molecule has 1 aliphatic rings. The molecule has 0 aliphatic carbocycles. The van der Waals surface area contributed by atoms with E-state index in [4.69, 9.17) is 24.1 Å². The van der Waals surface area contributed by atoms with Gasteiger partial charge in [-0.25, -0.2) is 8.78 Å². The van der Waals surface area contributed by atoms with Crippen LogP contribution in [-0.4, -0.2) is 49.2 Å². The number of carbonyl (C=O) groups excluding carboxylic acids is 1. The van der Waals surface area contributed by atoms with Gasteiger partial charge in [0.05, 0.1) is 38.7 Å². The number of thiophene rings is 1. The molecule has 1 N–H and O–H groups in total. The fraction of sp³-hybridized carbons (Fsp3) is 0.444. The number of carboxylic acids is 1. The average Bonchev–Trinajstić information content (AvgIpc) is 3.64. The van der Waals surface area contributed by atoms with Crippen molar-refractivity contribution in [2.75, 3.05) is 27.4 Å². The van der Waals surface area contributed by atoms with Crippen molar-refractivity contribution in [2.45, 2.75) is 72.4 Å². The van der Waals surface area contributed by atoms with E-state index in [1.807, 2.05) is 0 Å². The maximum Gasteiger partial charge on any atom is 0.303 e. The van der Waals surface area contributed by atoms with Crippen LogP contribution in [0.5, 0.6) is 23.0 Å². The third kappa shape index (κ3) is 8.82. The zero-order chi connectivity index (χ0) is 34.5. The fourth-order valence-corrected chi connectivity index (χ4v) is 6.62. The first kappa shape index (κ1) is 35.7. The summed E-state index contributed by atoms with van der Waals surface area (Å²) in [6, 6.07) is 4.78. The number of hydrogen-bond donors (Lipinski definition) is 1. The van der Waals surface area contributed by atoms with Crippen molar-refractivity contribution in [1.29, 1.82) is 0 Å². The van der Waals surface area contributed by atoms with Crippen molar-refractivity contribution in [1.82, 2.24) is 4.90 Å². The van der Waals surface area contributed by atoms with E-state index >= 15 is 8.78 Å². The number of allylic oxidation sites excluding steroid dienone is 2. The van der Waals surface area contributed by atoms with Crippen LogP contribution >= 0.6 is 11.3 Å². The second-order valence-corrected chi connectivity index (χ2v) is 14.0. The van der Waals surface area contributed by atoms with Gasteiger partial charge in [-0.15, -0.1) is 11.3 Å². The third-order valence-corrected chi connectivity index (χ3v) is 8.95. The summed E-state index contributed by atoms with van der Waals surface area (Å²) < 4.78 is 54.1. The number of halogens is 2. The molecule has 0 bridgehead atoms. The number of nitrogens with zero attached hydrogens (tertiary/aromatic N) is 1. The summed E-state index contributed by atoms with van der Waals surface area (Å²) in [7, 11) is 2.84. The van der Waals surface area contributed by atoms with Crippen molar-refractivity contribution >= 4 is 33.2 Å². The summed E-state index contributed by atoms with van der Waals surface area (Å²) in [5.74, 6) is -2.29. The molecule has 0 atom stereocenters. The van der Waals surface area contributed by atoms with Gasteiger partial charge in [0.2, 0.25) is 0 Å². The highest BCUT2D eigenvalue weighted by Gasteiger charge is 2.29. The van der Waals surface area contributed by atoms with Crippen molar-refractivity contribution < 1.29 is 42.4 Å². The standard InChI is InChI=1S/C36H43F2NO7S/c1-21(18-36(3,4)5)9-10-22(2)39-19-23-15-27(43-6)34(33(38)25(23)20-39)45-13-8-14-46-35-28(44-7)17-29-24(32(35)37)16-30(47-29)26(40)11-12-31(41)42/h15-17H,1-2,8-14,18-20H2,3-7H3,(H,41,42). The van der Waals surface area contributed by atoms with E-state index in [1.54, 1.807) is 12.1 Å². The Morgan fingerprint density at radius 3 is 2.17 bits per heavy atom. The molecule has 47 heavy (non-hydrogen) atoms. The first-order chi connectivity index (χ1) is 22.2. The van der Waals surface area contributed by atoms with Gasteiger partial charge < -0.3 is 29.0 Å². The SMILES string of the molecule is C=C(CCC(=C)N1Cc2cc(OC)c(OCCCOc3c(OC)cc4sc(C(=O)CCC(=O)O)cc4c3F)c(F)c2C1)CC(C)(C)C. The monoisotopic (exact) mass is 671 g/mol. The summed E-state index contributed by atoms with van der Waals surface area (Å²) >= 11 is 1.06. The number of rotatable bonds is 17. The van der Waals surface area contributed by atoms with E-state index in [-0.39, 0.29) is 70.5 Å². The van der Waals surface area contributed by atoms with Crippen LogP contribution in [0.4, 0.5) is 8.78 Å². The molecule has 1 aliphatic heterocycles. The fourth-order valence-electron chi connectivity index (χ4n) is 5.56. The predicted octanol–water partition coefficient (Wildman–Crippen LogP) is 8.69. The Morgan fingerprint density at radius 2 is 1.55 bits per heavy atom. The molecule has 0 saturated carbocycles. The molecule has 0 unspecified atom stereocenters. The Balaban J connectivity index is 1.36. The first-order valence-electron chi connectivity index (χ1n) is 15.5. The lowest BCUT2D eigenvalue weighted by Crippen LogP contribution is -2.15. The van der Waals surface area contributed by atoms with Gasteiger partial charge in [0.1, 0.15) is 0 Å². The Bertz CT molecular complexity index is 1670. The largest absolute Gasteiger partial charge is 0.493 e. The topological polar surface area (TPSA) is 94.5 Å². The number of ether oxygens (including phenoxy) is 4. The highest BCUT2D eigenvalue weighted by Crippen LogP contribution is 2.42. The molecule has 4 rings (SSSR count). The van der Waals surface area contributed by atoms with Crippen molar-refractivity contribution in [3.63, 3.8) is 0 Å². The van der Waals surface area contributed by atoms with Crippen LogP contribution < -0.4 is 18.9 Å². The quantitative estimate of drug-likeness (QED) is 0.0866. The third-order valence-electron chi connectivity index (χ3n) is 7.83. The van der Waals surface area contributed by atoms with Gasteiger partial charge in [-0.05, 0) is 42.4 Å². The van der Waals surface area contributed by atoms with E-state index in [2.05, 4.69) is 38.8 Å². The molecule has 8 nitrogen and oxygen atoms in total. The minimum Gasteiger partial charge on any atom is -0.493 e. The molecular formula is C36H43F2NO7S. The molecule has 3 aromatic rings. The number of Topliss-reactive ketones (excluding diaryl/α,β-unsaturated/α-hetero) is 1. The Morgan fingerprint density at radius 1 is 0.915 bits per heavy atom. The van der Waals surface area contributed by atoms with Crippen LogP contribution in [-0.2, 0) is 17.9 Å². The molecule has 2 heterocycles. The van der Waals surface area contributed by atoms with Gasteiger partial charge >= 0.3 is 5.97 Å². The zero-order valence-electron chi connectivity index (χ0n) is 27.7. The molecule has 0 spiro atoms. The van der Waals surface area contributed by atoms with Crippen molar-refractivity contribution in [2.24, 2.45) is 5.41 Å². The van der Waals surface area contributed by atoms with Crippen LogP contribution in [0.15, 0.2) is 42.6 Å². The molecule has 254 valence electrons. The number of benzene rings is 2. The number of ketones is 1. The number of fused-ring (bicyclic) bond motifs is 2. The zero-order valence-corrected chi connectivity index (χ0v) is 28.5. The lowest BCUT2D eigenvalue weighted by Gasteiger charge is -2.23. The minimum absolute atomic E-state index is 0.0146.